The molecular formula is C33H44N2O7. The summed E-state index contributed by atoms with van der Waals surface area (Å²) >= 11 is 0. The quantitative estimate of drug-likeness (QED) is 0.133. The Hall–Kier alpha value is -3.56. The second-order valence-electron chi connectivity index (χ2n) is 10.6. The van der Waals surface area contributed by atoms with E-state index in [9.17, 15) is 14.7 Å². The number of carbonyl (C=O) groups excluding carboxylic acids is 2. The first-order valence-corrected chi connectivity index (χ1v) is 15.1. The number of hydrogen-bond acceptors (Lipinski definition) is 8. The maximum atomic E-state index is 13.5. The van der Waals surface area contributed by atoms with Crippen LogP contribution in [0.5, 0.6) is 17.2 Å². The molecule has 2 aromatic rings. The largest absolute Gasteiger partial charge is 0.507 e. The minimum absolute atomic E-state index is 0.0558. The lowest BCUT2D eigenvalue weighted by Crippen LogP contribution is -2.42. The van der Waals surface area contributed by atoms with Gasteiger partial charge in [0.15, 0.2) is 11.5 Å². The minimum Gasteiger partial charge on any atom is -0.507 e. The number of aliphatic hydroxyl groups is 1. The molecule has 0 aromatic heterocycles. The zero-order valence-electron chi connectivity index (χ0n) is 25.1. The van der Waals surface area contributed by atoms with Gasteiger partial charge < -0.3 is 29.0 Å². The van der Waals surface area contributed by atoms with Crippen molar-refractivity contribution in [3.05, 3.63) is 59.2 Å². The van der Waals surface area contributed by atoms with Crippen LogP contribution < -0.4 is 14.2 Å². The van der Waals surface area contributed by atoms with Gasteiger partial charge in [0.25, 0.3) is 11.7 Å². The van der Waals surface area contributed by atoms with Crippen molar-refractivity contribution in [2.45, 2.75) is 52.0 Å². The Labute approximate surface area is 249 Å². The minimum atomic E-state index is -0.783. The number of hydrogen-bond donors (Lipinski definition) is 1. The summed E-state index contributed by atoms with van der Waals surface area (Å²) in [6.07, 6.45) is 5.08. The predicted molar refractivity (Wildman–Crippen MR) is 161 cm³/mol. The number of morpholine rings is 1. The number of nitrogens with zero attached hydrogens (tertiary/aromatic N) is 2. The van der Waals surface area contributed by atoms with E-state index in [4.69, 9.17) is 18.9 Å². The molecule has 2 aliphatic rings. The lowest BCUT2D eigenvalue weighted by molar-refractivity contribution is -0.140. The van der Waals surface area contributed by atoms with Gasteiger partial charge in [0.05, 0.1) is 45.2 Å². The summed E-state index contributed by atoms with van der Waals surface area (Å²) in [5, 5.41) is 11.5. The number of rotatable bonds is 15. The van der Waals surface area contributed by atoms with Crippen LogP contribution in [0.25, 0.3) is 5.76 Å². The summed E-state index contributed by atoms with van der Waals surface area (Å²) in [7, 11) is 1.57. The van der Waals surface area contributed by atoms with Crippen LogP contribution in [-0.2, 0) is 14.3 Å². The zero-order chi connectivity index (χ0) is 29.9. The molecule has 0 radical (unpaired) electrons. The van der Waals surface area contributed by atoms with Crippen LogP contribution in [0.15, 0.2) is 48.0 Å². The molecule has 0 saturated carbocycles. The Morgan fingerprint density at radius 2 is 1.62 bits per heavy atom. The first kappa shape index (κ1) is 31.4. The van der Waals surface area contributed by atoms with E-state index in [-0.39, 0.29) is 11.3 Å². The number of Topliss-reactive ketones (excluding diaryl/α,β-unsaturated/α-hetero) is 1. The second kappa shape index (κ2) is 15.6. The highest BCUT2D eigenvalue weighted by Gasteiger charge is 2.46. The third-order valence-electron chi connectivity index (χ3n) is 7.70. The summed E-state index contributed by atoms with van der Waals surface area (Å²) in [6.45, 7) is 9.13. The molecule has 1 N–H and O–H groups in total. The van der Waals surface area contributed by atoms with Gasteiger partial charge in [-0.05, 0) is 54.8 Å². The highest BCUT2D eigenvalue weighted by Crippen LogP contribution is 2.42. The fourth-order valence-corrected chi connectivity index (χ4v) is 5.24. The number of aliphatic hydroxyl groups excluding tert-OH is 1. The second-order valence-corrected chi connectivity index (χ2v) is 10.6. The molecule has 1 unspecified atom stereocenters. The number of carbonyl (C=O) groups is 2. The normalized spacial score (nSPS) is 18.8. The van der Waals surface area contributed by atoms with E-state index in [0.717, 1.165) is 45.2 Å². The Morgan fingerprint density at radius 3 is 2.31 bits per heavy atom. The Balaban J connectivity index is 1.67. The van der Waals surface area contributed by atoms with Gasteiger partial charge in [0.2, 0.25) is 0 Å². The number of unbranched alkanes of at least 4 members (excludes halogenated alkanes) is 3. The summed E-state index contributed by atoms with van der Waals surface area (Å²) in [5.74, 6) is 0.236. The standard InChI is InChI=1S/C33H44N2O7/c1-4-6-8-20-42-27-14-11-25(23-28(27)39-3)30-29(31(36)24-9-12-26(13-10-24)41-19-7-5-2)32(37)33(38)35(30)16-15-34-17-21-40-22-18-34/h9-14,23,30,36H,4-8,15-22H2,1-3H3. The van der Waals surface area contributed by atoms with E-state index < -0.39 is 17.7 Å². The Bertz CT molecular complexity index is 1220. The van der Waals surface area contributed by atoms with Crippen LogP contribution in [0.3, 0.4) is 0 Å². The van der Waals surface area contributed by atoms with Crippen molar-refractivity contribution in [2.75, 3.05) is 59.7 Å². The molecule has 9 nitrogen and oxygen atoms in total. The summed E-state index contributed by atoms with van der Waals surface area (Å²) < 4.78 is 22.8. The first-order chi connectivity index (χ1) is 20.5. The van der Waals surface area contributed by atoms with Gasteiger partial charge in [-0.15, -0.1) is 0 Å². The molecule has 9 heteroatoms. The van der Waals surface area contributed by atoms with E-state index in [1.807, 2.05) is 12.1 Å². The van der Waals surface area contributed by atoms with Crippen molar-refractivity contribution >= 4 is 17.4 Å². The van der Waals surface area contributed by atoms with E-state index in [1.165, 1.54) is 0 Å². The number of methoxy groups -OCH3 is 1. The van der Waals surface area contributed by atoms with Crippen molar-refractivity contribution in [3.63, 3.8) is 0 Å². The molecule has 2 aliphatic heterocycles. The smallest absolute Gasteiger partial charge is 0.295 e. The SMILES string of the molecule is CCCCCOc1ccc(C2C(=C(O)c3ccc(OCCCC)cc3)C(=O)C(=O)N2CCN2CCOCC2)cc1OC. The molecule has 2 aromatic carbocycles. The molecule has 1 amide bonds. The van der Waals surface area contributed by atoms with Crippen LogP contribution >= 0.6 is 0 Å². The van der Waals surface area contributed by atoms with E-state index in [1.54, 1.807) is 42.3 Å². The molecule has 0 spiro atoms. The molecule has 0 aliphatic carbocycles. The van der Waals surface area contributed by atoms with E-state index in [2.05, 4.69) is 18.7 Å². The number of ketones is 1. The average Bonchev–Trinajstić information content (AvgIpc) is 3.27. The fourth-order valence-electron chi connectivity index (χ4n) is 5.24. The van der Waals surface area contributed by atoms with Crippen LogP contribution in [0, 0.1) is 0 Å². The number of likely N-dealkylation sites (tertiary alicyclic amines) is 1. The molecule has 2 fully saturated rings. The number of benzene rings is 2. The Morgan fingerprint density at radius 1 is 0.905 bits per heavy atom. The molecule has 42 heavy (non-hydrogen) atoms. The average molecular weight is 581 g/mol. The lowest BCUT2D eigenvalue weighted by Gasteiger charge is -2.31. The summed E-state index contributed by atoms with van der Waals surface area (Å²) in [4.78, 5) is 30.7. The highest BCUT2D eigenvalue weighted by molar-refractivity contribution is 6.46. The topological polar surface area (TPSA) is 97.8 Å². The third-order valence-corrected chi connectivity index (χ3v) is 7.70. The van der Waals surface area contributed by atoms with Crippen molar-refractivity contribution < 1.29 is 33.6 Å². The van der Waals surface area contributed by atoms with Gasteiger partial charge >= 0.3 is 0 Å². The molecule has 0 bridgehead atoms. The molecule has 4 rings (SSSR count). The Kier molecular flexibility index (Phi) is 11.7. The summed E-state index contributed by atoms with van der Waals surface area (Å²) in [6, 6.07) is 11.6. The van der Waals surface area contributed by atoms with E-state index in [0.29, 0.717) is 67.9 Å². The van der Waals surface area contributed by atoms with Gasteiger partial charge in [0.1, 0.15) is 11.5 Å². The van der Waals surface area contributed by atoms with Gasteiger partial charge in [-0.25, -0.2) is 0 Å². The van der Waals surface area contributed by atoms with Gasteiger partial charge in [-0.3, -0.25) is 14.5 Å². The van der Waals surface area contributed by atoms with Gasteiger partial charge in [-0.1, -0.05) is 39.2 Å². The maximum Gasteiger partial charge on any atom is 0.295 e. The van der Waals surface area contributed by atoms with E-state index >= 15 is 0 Å². The van der Waals surface area contributed by atoms with Gasteiger partial charge in [-0.2, -0.15) is 0 Å². The number of ether oxygens (including phenoxy) is 4. The zero-order valence-corrected chi connectivity index (χ0v) is 25.1. The fraction of sp³-hybridized carbons (Fsp3) is 0.515. The third kappa shape index (κ3) is 7.63. The first-order valence-electron chi connectivity index (χ1n) is 15.1. The molecular weight excluding hydrogens is 536 g/mol. The van der Waals surface area contributed by atoms with Crippen LogP contribution in [0.4, 0.5) is 0 Å². The van der Waals surface area contributed by atoms with Crippen LogP contribution in [-0.4, -0.2) is 86.3 Å². The van der Waals surface area contributed by atoms with Crippen molar-refractivity contribution in [2.24, 2.45) is 0 Å². The maximum absolute atomic E-state index is 13.5. The molecule has 1 atom stereocenters. The highest BCUT2D eigenvalue weighted by atomic mass is 16.5. The molecule has 2 heterocycles. The van der Waals surface area contributed by atoms with Crippen molar-refractivity contribution in [1.29, 1.82) is 0 Å². The van der Waals surface area contributed by atoms with Crippen molar-refractivity contribution in [1.82, 2.24) is 9.80 Å². The van der Waals surface area contributed by atoms with Gasteiger partial charge in [0, 0.05) is 31.7 Å². The van der Waals surface area contributed by atoms with Crippen molar-refractivity contribution in [3.8, 4) is 17.2 Å². The lowest BCUT2D eigenvalue weighted by atomic mass is 9.95. The number of amides is 1. The monoisotopic (exact) mass is 580 g/mol. The predicted octanol–water partition coefficient (Wildman–Crippen LogP) is 5.20. The molecule has 2 saturated heterocycles. The molecule has 228 valence electrons. The van der Waals surface area contributed by atoms with Crippen LogP contribution in [0.1, 0.15) is 63.1 Å². The van der Waals surface area contributed by atoms with Crippen LogP contribution in [0.2, 0.25) is 0 Å². The summed E-state index contributed by atoms with van der Waals surface area (Å²) in [5.41, 5.74) is 1.16.